The highest BCUT2D eigenvalue weighted by atomic mass is 32.2. The van der Waals surface area contributed by atoms with Gasteiger partial charge in [-0.25, -0.2) is 0 Å². The Labute approximate surface area is 98.7 Å². The number of thioether (sulfide) groups is 1. The van der Waals surface area contributed by atoms with Crippen LogP contribution < -0.4 is 5.73 Å². The minimum absolute atomic E-state index is 0.225. The zero-order valence-electron chi connectivity index (χ0n) is 9.65. The van der Waals surface area contributed by atoms with Crippen molar-refractivity contribution in [3.8, 4) is 0 Å². The Morgan fingerprint density at radius 2 is 2.06 bits per heavy atom. The Balaban J connectivity index is 2.95. The number of carbonyl (C=O) groups excluding carboxylic acids is 1. The third-order valence-electron chi connectivity index (χ3n) is 2.42. The minimum Gasteiger partial charge on any atom is -0.480 e. The molecule has 0 aliphatic carbocycles. The molecule has 0 amide bonds. The third kappa shape index (κ3) is 2.32. The lowest BCUT2D eigenvalue weighted by Gasteiger charge is -2.30. The van der Waals surface area contributed by atoms with E-state index in [1.165, 1.54) is 11.8 Å². The topological polar surface area (TPSA) is 89.6 Å². The summed E-state index contributed by atoms with van der Waals surface area (Å²) >= 11 is 1.28. The molecule has 5 nitrogen and oxygen atoms in total. The van der Waals surface area contributed by atoms with Crippen LogP contribution in [-0.4, -0.2) is 33.8 Å². The molecular weight excluding hydrogens is 230 g/mol. The number of hydrogen-bond donors (Lipinski definition) is 2. The molecule has 16 heavy (non-hydrogen) atoms. The van der Waals surface area contributed by atoms with E-state index in [0.717, 1.165) is 0 Å². The van der Waals surface area contributed by atoms with E-state index in [0.29, 0.717) is 5.75 Å². The van der Waals surface area contributed by atoms with Gasteiger partial charge in [-0.05, 0) is 32.9 Å². The van der Waals surface area contributed by atoms with Gasteiger partial charge in [-0.15, -0.1) is 11.8 Å². The van der Waals surface area contributed by atoms with Crippen LogP contribution in [0.5, 0.6) is 0 Å². The SMILES string of the molecule is CC(C)(C)OC(=O)C1(C(=O)O)CCSC1N. The van der Waals surface area contributed by atoms with Gasteiger partial charge in [0.15, 0.2) is 5.41 Å². The molecule has 0 bridgehead atoms. The highest BCUT2D eigenvalue weighted by Crippen LogP contribution is 2.42. The number of carboxylic acids is 1. The maximum Gasteiger partial charge on any atom is 0.326 e. The molecule has 0 radical (unpaired) electrons. The fourth-order valence-corrected chi connectivity index (χ4v) is 2.83. The number of hydrogen-bond acceptors (Lipinski definition) is 5. The monoisotopic (exact) mass is 247 g/mol. The summed E-state index contributed by atoms with van der Waals surface area (Å²) in [5.41, 5.74) is 3.43. The average molecular weight is 247 g/mol. The van der Waals surface area contributed by atoms with Gasteiger partial charge in [0.05, 0.1) is 5.37 Å². The molecule has 1 saturated heterocycles. The van der Waals surface area contributed by atoms with Crippen molar-refractivity contribution in [3.63, 3.8) is 0 Å². The lowest BCUT2D eigenvalue weighted by Crippen LogP contribution is -2.51. The maximum atomic E-state index is 11.9. The van der Waals surface area contributed by atoms with E-state index in [1.54, 1.807) is 20.8 Å². The molecule has 1 rings (SSSR count). The summed E-state index contributed by atoms with van der Waals surface area (Å²) in [5, 5.41) is 8.47. The normalized spacial score (nSPS) is 30.1. The second-order valence-corrected chi connectivity index (χ2v) is 6.07. The molecule has 3 N–H and O–H groups in total. The molecule has 0 spiro atoms. The van der Waals surface area contributed by atoms with Gasteiger partial charge in [0.2, 0.25) is 0 Å². The highest BCUT2D eigenvalue weighted by Gasteiger charge is 2.56. The quantitative estimate of drug-likeness (QED) is 0.554. The van der Waals surface area contributed by atoms with E-state index >= 15 is 0 Å². The first-order valence-electron chi connectivity index (χ1n) is 5.04. The molecule has 1 fully saturated rings. The third-order valence-corrected chi connectivity index (χ3v) is 3.63. The Morgan fingerprint density at radius 3 is 2.38 bits per heavy atom. The number of carboxylic acid groups (broad SMARTS) is 1. The van der Waals surface area contributed by atoms with Crippen LogP contribution in [-0.2, 0) is 14.3 Å². The summed E-state index contributed by atoms with van der Waals surface area (Å²) in [6.07, 6.45) is 0.225. The van der Waals surface area contributed by atoms with E-state index in [2.05, 4.69) is 0 Å². The molecule has 0 aromatic carbocycles. The molecule has 0 saturated carbocycles. The predicted octanol–water partition coefficient (Wildman–Crippen LogP) is 0.821. The van der Waals surface area contributed by atoms with Gasteiger partial charge in [0.25, 0.3) is 0 Å². The van der Waals surface area contributed by atoms with Crippen LogP contribution in [0, 0.1) is 5.41 Å². The smallest absolute Gasteiger partial charge is 0.326 e. The van der Waals surface area contributed by atoms with Crippen molar-refractivity contribution in [1.29, 1.82) is 0 Å². The van der Waals surface area contributed by atoms with Crippen LogP contribution in [0.1, 0.15) is 27.2 Å². The fraction of sp³-hybridized carbons (Fsp3) is 0.800. The fourth-order valence-electron chi connectivity index (χ4n) is 1.53. The van der Waals surface area contributed by atoms with Gasteiger partial charge in [-0.2, -0.15) is 0 Å². The Bertz CT molecular complexity index is 312. The molecule has 6 heteroatoms. The molecule has 1 aliphatic rings. The number of carbonyl (C=O) groups is 2. The first-order chi connectivity index (χ1) is 7.20. The van der Waals surface area contributed by atoms with Crippen LogP contribution in [0.15, 0.2) is 0 Å². The van der Waals surface area contributed by atoms with Crippen molar-refractivity contribution in [3.05, 3.63) is 0 Å². The van der Waals surface area contributed by atoms with E-state index in [-0.39, 0.29) is 6.42 Å². The summed E-state index contributed by atoms with van der Waals surface area (Å²) in [6, 6.07) is 0. The first-order valence-corrected chi connectivity index (χ1v) is 6.09. The van der Waals surface area contributed by atoms with Gasteiger partial charge in [-0.3, -0.25) is 9.59 Å². The highest BCUT2D eigenvalue weighted by molar-refractivity contribution is 8.00. The van der Waals surface area contributed by atoms with Gasteiger partial charge < -0.3 is 15.6 Å². The summed E-state index contributed by atoms with van der Waals surface area (Å²) in [5.74, 6) is -1.36. The van der Waals surface area contributed by atoms with Gasteiger partial charge in [-0.1, -0.05) is 0 Å². The zero-order chi connectivity index (χ0) is 12.6. The lowest BCUT2D eigenvalue weighted by molar-refractivity contribution is -0.176. The molecule has 92 valence electrons. The van der Waals surface area contributed by atoms with Crippen molar-refractivity contribution in [2.45, 2.75) is 38.2 Å². The number of rotatable bonds is 2. The standard InChI is InChI=1S/C10H17NO4S/c1-9(2,3)15-8(14)10(7(12)13)4-5-16-6(10)11/h6H,4-5,11H2,1-3H3,(H,12,13). The Kier molecular flexibility index (Phi) is 3.54. The molecule has 0 aromatic rings. The van der Waals surface area contributed by atoms with E-state index < -0.39 is 28.3 Å². The molecule has 2 atom stereocenters. The van der Waals surface area contributed by atoms with Crippen molar-refractivity contribution in [1.82, 2.24) is 0 Å². The van der Waals surface area contributed by atoms with Gasteiger partial charge in [0, 0.05) is 0 Å². The summed E-state index contributed by atoms with van der Waals surface area (Å²) in [6.45, 7) is 5.11. The predicted molar refractivity (Wildman–Crippen MR) is 61.0 cm³/mol. The first kappa shape index (κ1) is 13.3. The summed E-state index contributed by atoms with van der Waals surface area (Å²) < 4.78 is 5.14. The molecule has 1 aliphatic heterocycles. The minimum atomic E-state index is -1.59. The largest absolute Gasteiger partial charge is 0.480 e. The average Bonchev–Trinajstić information content (AvgIpc) is 2.44. The molecule has 0 aromatic heterocycles. The van der Waals surface area contributed by atoms with E-state index in [1.807, 2.05) is 0 Å². The molecule has 2 unspecified atom stereocenters. The van der Waals surface area contributed by atoms with Crippen molar-refractivity contribution >= 4 is 23.7 Å². The Morgan fingerprint density at radius 1 is 1.50 bits per heavy atom. The number of ether oxygens (including phenoxy) is 1. The van der Waals surface area contributed by atoms with Crippen LogP contribution in [0.3, 0.4) is 0 Å². The Hall–Kier alpha value is -0.750. The van der Waals surface area contributed by atoms with Crippen molar-refractivity contribution in [2.75, 3.05) is 5.75 Å². The van der Waals surface area contributed by atoms with Crippen LogP contribution in [0.4, 0.5) is 0 Å². The van der Waals surface area contributed by atoms with Crippen LogP contribution >= 0.6 is 11.8 Å². The zero-order valence-corrected chi connectivity index (χ0v) is 10.5. The summed E-state index contributed by atoms with van der Waals surface area (Å²) in [4.78, 5) is 23.2. The lowest BCUT2D eigenvalue weighted by atomic mass is 9.85. The second kappa shape index (κ2) is 4.25. The molecular formula is C10H17NO4S. The van der Waals surface area contributed by atoms with E-state index in [9.17, 15) is 14.7 Å². The van der Waals surface area contributed by atoms with Crippen LogP contribution in [0.2, 0.25) is 0 Å². The number of esters is 1. The second-order valence-electron chi connectivity index (χ2n) is 4.82. The van der Waals surface area contributed by atoms with Crippen LogP contribution in [0.25, 0.3) is 0 Å². The number of nitrogens with two attached hydrogens (primary N) is 1. The summed E-state index contributed by atoms with van der Waals surface area (Å²) in [7, 11) is 0. The molecule has 1 heterocycles. The number of aliphatic carboxylic acids is 1. The van der Waals surface area contributed by atoms with Gasteiger partial charge >= 0.3 is 11.9 Å². The maximum absolute atomic E-state index is 11.9. The van der Waals surface area contributed by atoms with Crippen molar-refractivity contribution < 1.29 is 19.4 Å². The van der Waals surface area contributed by atoms with E-state index in [4.69, 9.17) is 10.5 Å². The van der Waals surface area contributed by atoms with Gasteiger partial charge in [0.1, 0.15) is 5.60 Å². The van der Waals surface area contributed by atoms with Crippen molar-refractivity contribution in [2.24, 2.45) is 11.1 Å².